The van der Waals surface area contributed by atoms with Crippen LogP contribution >= 0.6 is 0 Å². The van der Waals surface area contributed by atoms with E-state index >= 15 is 0 Å². The predicted molar refractivity (Wildman–Crippen MR) is 77.6 cm³/mol. The first-order valence-corrected chi connectivity index (χ1v) is 8.01. The third kappa shape index (κ3) is 4.68. The summed E-state index contributed by atoms with van der Waals surface area (Å²) in [6.07, 6.45) is 4.16. The minimum Gasteiger partial charge on any atom is -0.356 e. The summed E-state index contributed by atoms with van der Waals surface area (Å²) in [4.78, 5) is 25.8. The van der Waals surface area contributed by atoms with Crippen LogP contribution in [0.3, 0.4) is 0 Å². The molecule has 2 heterocycles. The Labute approximate surface area is 126 Å². The second-order valence-electron chi connectivity index (χ2n) is 5.61. The monoisotopic (exact) mass is 298 g/mol. The summed E-state index contributed by atoms with van der Waals surface area (Å²) in [6.45, 7) is 4.61. The van der Waals surface area contributed by atoms with Gasteiger partial charge in [-0.25, -0.2) is 0 Å². The molecular formula is C15H26N2O4. The molecule has 2 rings (SSSR count). The number of hydrogen-bond acceptors (Lipinski definition) is 4. The van der Waals surface area contributed by atoms with Crippen LogP contribution in [0.5, 0.6) is 0 Å². The van der Waals surface area contributed by atoms with E-state index in [1.807, 2.05) is 11.8 Å². The fraction of sp³-hybridized carbons (Fsp3) is 0.867. The van der Waals surface area contributed by atoms with Gasteiger partial charge in [-0.3, -0.25) is 9.59 Å². The van der Waals surface area contributed by atoms with Gasteiger partial charge in [-0.1, -0.05) is 6.92 Å². The van der Waals surface area contributed by atoms with Crippen LogP contribution in [0.25, 0.3) is 0 Å². The molecule has 0 spiro atoms. The maximum Gasteiger partial charge on any atom is 0.223 e. The van der Waals surface area contributed by atoms with E-state index in [4.69, 9.17) is 9.47 Å². The zero-order valence-electron chi connectivity index (χ0n) is 12.8. The van der Waals surface area contributed by atoms with Crippen LogP contribution in [0.2, 0.25) is 0 Å². The first-order chi connectivity index (χ1) is 10.2. The number of ether oxygens (including phenoxy) is 2. The topological polar surface area (TPSA) is 67.9 Å². The van der Waals surface area contributed by atoms with Crippen LogP contribution < -0.4 is 5.32 Å². The number of hydrogen-bond donors (Lipinski definition) is 1. The zero-order valence-corrected chi connectivity index (χ0v) is 12.8. The van der Waals surface area contributed by atoms with Crippen molar-refractivity contribution >= 4 is 11.8 Å². The Balaban J connectivity index is 1.82. The van der Waals surface area contributed by atoms with Gasteiger partial charge in [0.2, 0.25) is 11.8 Å². The van der Waals surface area contributed by atoms with E-state index in [0.29, 0.717) is 19.8 Å². The Morgan fingerprint density at radius 1 is 1.19 bits per heavy atom. The van der Waals surface area contributed by atoms with E-state index in [9.17, 15) is 9.59 Å². The first kappa shape index (κ1) is 16.2. The molecule has 120 valence electrons. The Bertz CT molecular complexity index is 356. The molecule has 2 aliphatic heterocycles. The fourth-order valence-electron chi connectivity index (χ4n) is 2.87. The lowest BCUT2D eigenvalue weighted by Gasteiger charge is -2.38. The Morgan fingerprint density at radius 2 is 1.95 bits per heavy atom. The van der Waals surface area contributed by atoms with Crippen molar-refractivity contribution in [1.82, 2.24) is 10.2 Å². The molecule has 21 heavy (non-hydrogen) atoms. The van der Waals surface area contributed by atoms with Gasteiger partial charge in [0.15, 0.2) is 6.29 Å². The maximum atomic E-state index is 12.4. The largest absolute Gasteiger partial charge is 0.356 e. The third-order valence-electron chi connectivity index (χ3n) is 3.97. The summed E-state index contributed by atoms with van der Waals surface area (Å²) in [7, 11) is 0. The van der Waals surface area contributed by atoms with E-state index in [-0.39, 0.29) is 37.0 Å². The van der Waals surface area contributed by atoms with Crippen molar-refractivity contribution in [2.45, 2.75) is 57.8 Å². The highest BCUT2D eigenvalue weighted by molar-refractivity contribution is 5.84. The van der Waals surface area contributed by atoms with Gasteiger partial charge in [-0.15, -0.1) is 0 Å². The molecule has 2 aliphatic rings. The van der Waals surface area contributed by atoms with Crippen molar-refractivity contribution in [3.05, 3.63) is 0 Å². The Kier molecular flexibility index (Phi) is 6.45. The van der Waals surface area contributed by atoms with Gasteiger partial charge in [0.05, 0.1) is 19.3 Å². The highest BCUT2D eigenvalue weighted by atomic mass is 16.7. The van der Waals surface area contributed by atoms with Crippen molar-refractivity contribution in [2.24, 2.45) is 0 Å². The SMILES string of the molecule is CCCNC(=O)CCC(=O)N1CCCCC1C1OCCO1. The molecule has 0 aliphatic carbocycles. The zero-order chi connectivity index (χ0) is 15.1. The lowest BCUT2D eigenvalue weighted by Crippen LogP contribution is -2.50. The molecule has 6 nitrogen and oxygen atoms in total. The highest BCUT2D eigenvalue weighted by Crippen LogP contribution is 2.25. The third-order valence-corrected chi connectivity index (χ3v) is 3.97. The van der Waals surface area contributed by atoms with Crippen molar-refractivity contribution in [2.75, 3.05) is 26.3 Å². The van der Waals surface area contributed by atoms with Gasteiger partial charge in [0, 0.05) is 25.9 Å². The molecule has 0 bridgehead atoms. The van der Waals surface area contributed by atoms with Crippen molar-refractivity contribution in [3.63, 3.8) is 0 Å². The van der Waals surface area contributed by atoms with E-state index in [1.165, 1.54) is 0 Å². The molecule has 0 saturated carbocycles. The minimum atomic E-state index is -0.289. The van der Waals surface area contributed by atoms with E-state index < -0.39 is 0 Å². The number of carbonyl (C=O) groups excluding carboxylic acids is 2. The number of amides is 2. The van der Waals surface area contributed by atoms with Crippen LogP contribution in [0.1, 0.15) is 45.4 Å². The molecule has 1 unspecified atom stereocenters. The summed E-state index contributed by atoms with van der Waals surface area (Å²) in [5.74, 6) is -0.0161. The van der Waals surface area contributed by atoms with Crippen LogP contribution in [0.15, 0.2) is 0 Å². The van der Waals surface area contributed by atoms with Gasteiger partial charge >= 0.3 is 0 Å². The van der Waals surface area contributed by atoms with Gasteiger partial charge in [-0.05, 0) is 25.7 Å². The summed E-state index contributed by atoms with van der Waals surface area (Å²) in [5, 5.41) is 2.80. The molecule has 1 N–H and O–H groups in total. The second kappa shape index (κ2) is 8.34. The van der Waals surface area contributed by atoms with Crippen LogP contribution in [0.4, 0.5) is 0 Å². The first-order valence-electron chi connectivity index (χ1n) is 8.01. The van der Waals surface area contributed by atoms with Crippen LogP contribution in [-0.2, 0) is 19.1 Å². The summed E-state index contributed by atoms with van der Waals surface area (Å²) in [5.41, 5.74) is 0. The summed E-state index contributed by atoms with van der Waals surface area (Å²) < 4.78 is 11.1. The van der Waals surface area contributed by atoms with Gasteiger partial charge in [-0.2, -0.15) is 0 Å². The number of piperidine rings is 1. The molecule has 0 aromatic carbocycles. The normalized spacial score (nSPS) is 23.3. The average molecular weight is 298 g/mol. The van der Waals surface area contributed by atoms with Gasteiger partial charge in [0.25, 0.3) is 0 Å². The van der Waals surface area contributed by atoms with E-state index in [2.05, 4.69) is 5.32 Å². The molecule has 0 aromatic rings. The number of nitrogens with one attached hydrogen (secondary N) is 1. The maximum absolute atomic E-state index is 12.4. The highest BCUT2D eigenvalue weighted by Gasteiger charge is 2.35. The number of likely N-dealkylation sites (tertiary alicyclic amines) is 1. The summed E-state index contributed by atoms with van der Waals surface area (Å²) in [6, 6.07) is 0.00690. The lowest BCUT2D eigenvalue weighted by atomic mass is 10.0. The fourth-order valence-corrected chi connectivity index (χ4v) is 2.87. The number of nitrogens with zero attached hydrogens (tertiary/aromatic N) is 1. The van der Waals surface area contributed by atoms with Crippen molar-refractivity contribution < 1.29 is 19.1 Å². The summed E-state index contributed by atoms with van der Waals surface area (Å²) >= 11 is 0. The van der Waals surface area contributed by atoms with Crippen LogP contribution in [0, 0.1) is 0 Å². The lowest BCUT2D eigenvalue weighted by molar-refractivity contribution is -0.151. The average Bonchev–Trinajstić information content (AvgIpc) is 3.04. The molecular weight excluding hydrogens is 272 g/mol. The smallest absolute Gasteiger partial charge is 0.223 e. The van der Waals surface area contributed by atoms with E-state index in [1.54, 1.807) is 0 Å². The molecule has 6 heteroatoms. The predicted octanol–water partition coefficient (Wildman–Crippen LogP) is 1.05. The molecule has 0 aromatic heterocycles. The molecule has 2 fully saturated rings. The molecule has 0 radical (unpaired) electrons. The van der Waals surface area contributed by atoms with Crippen molar-refractivity contribution in [1.29, 1.82) is 0 Å². The second-order valence-corrected chi connectivity index (χ2v) is 5.61. The number of carbonyl (C=O) groups is 2. The van der Waals surface area contributed by atoms with E-state index in [0.717, 1.165) is 32.2 Å². The molecule has 2 amide bonds. The van der Waals surface area contributed by atoms with Crippen molar-refractivity contribution in [3.8, 4) is 0 Å². The molecule has 2 saturated heterocycles. The Hall–Kier alpha value is -1.14. The number of rotatable bonds is 6. The quantitative estimate of drug-likeness (QED) is 0.796. The van der Waals surface area contributed by atoms with Gasteiger partial charge in [0.1, 0.15) is 0 Å². The minimum absolute atomic E-state index is 0.00690. The molecule has 1 atom stereocenters. The Morgan fingerprint density at radius 3 is 2.67 bits per heavy atom. The van der Waals surface area contributed by atoms with Gasteiger partial charge < -0.3 is 19.7 Å². The standard InChI is InChI=1S/C15H26N2O4/c1-2-8-16-13(18)6-7-14(19)17-9-4-3-5-12(17)15-20-10-11-21-15/h12,15H,2-11H2,1H3,(H,16,18). The van der Waals surface area contributed by atoms with Crippen LogP contribution in [-0.4, -0.2) is 55.3 Å².